The summed E-state index contributed by atoms with van der Waals surface area (Å²) in [6.07, 6.45) is -0.664. The normalized spacial score (nSPS) is 48.8. The van der Waals surface area contributed by atoms with Crippen molar-refractivity contribution in [3.8, 4) is 0 Å². The highest BCUT2D eigenvalue weighted by Gasteiger charge is 2.44. The molecule has 0 aromatic heterocycles. The van der Waals surface area contributed by atoms with Crippen LogP contribution in [-0.2, 0) is 0 Å². The molecule has 0 aromatic rings. The Morgan fingerprint density at radius 2 is 2.25 bits per heavy atom. The summed E-state index contributed by atoms with van der Waals surface area (Å²) in [7, 11) is 1.77. The fourth-order valence-corrected chi connectivity index (χ4v) is 1.04. The van der Waals surface area contributed by atoms with Crippen LogP contribution in [-0.4, -0.2) is 40.5 Å². The van der Waals surface area contributed by atoms with E-state index in [0.717, 1.165) is 0 Å². The van der Waals surface area contributed by atoms with E-state index in [1.54, 1.807) is 18.9 Å². The molecule has 1 saturated heterocycles. The van der Waals surface area contributed by atoms with Crippen LogP contribution >= 0.6 is 0 Å². The van der Waals surface area contributed by atoms with Crippen LogP contribution in [0, 0.1) is 0 Å². The number of rotatable bonds is 0. The molecule has 1 fully saturated rings. The number of aliphatic hydroxyl groups excluding tert-OH is 1. The van der Waals surface area contributed by atoms with Crippen LogP contribution in [0.1, 0.15) is 6.92 Å². The van der Waals surface area contributed by atoms with Crippen LogP contribution in [0.15, 0.2) is 0 Å². The molecule has 0 amide bonds. The zero-order valence-electron chi connectivity index (χ0n) is 5.13. The molecule has 1 aliphatic rings. The quantitative estimate of drug-likeness (QED) is 0.428. The van der Waals surface area contributed by atoms with Crippen LogP contribution < -0.4 is 0 Å². The van der Waals surface area contributed by atoms with Crippen molar-refractivity contribution in [3.05, 3.63) is 0 Å². The van der Waals surface area contributed by atoms with Gasteiger partial charge in [0.15, 0.2) is 0 Å². The molecular weight excluding hydrogens is 106 g/mol. The SMILES string of the molecule is CN1CC(C)(O)C1O. The highest BCUT2D eigenvalue weighted by atomic mass is 16.4. The van der Waals surface area contributed by atoms with Gasteiger partial charge >= 0.3 is 0 Å². The van der Waals surface area contributed by atoms with Crippen molar-refractivity contribution in [2.45, 2.75) is 18.8 Å². The molecule has 0 spiro atoms. The molecule has 3 nitrogen and oxygen atoms in total. The summed E-state index contributed by atoms with van der Waals surface area (Å²) in [4.78, 5) is 1.68. The number of hydrogen-bond acceptors (Lipinski definition) is 3. The lowest BCUT2D eigenvalue weighted by atomic mass is 9.95. The average Bonchev–Trinajstić information content (AvgIpc) is 1.65. The molecule has 1 aliphatic heterocycles. The van der Waals surface area contributed by atoms with E-state index in [9.17, 15) is 0 Å². The van der Waals surface area contributed by atoms with E-state index in [4.69, 9.17) is 10.2 Å². The van der Waals surface area contributed by atoms with Crippen LogP contribution in [0.2, 0.25) is 0 Å². The Morgan fingerprint density at radius 1 is 1.75 bits per heavy atom. The largest absolute Gasteiger partial charge is 0.385 e. The van der Waals surface area contributed by atoms with Crippen molar-refractivity contribution in [3.63, 3.8) is 0 Å². The summed E-state index contributed by atoms with van der Waals surface area (Å²) in [6.45, 7) is 2.19. The van der Waals surface area contributed by atoms with Gasteiger partial charge in [0, 0.05) is 6.54 Å². The van der Waals surface area contributed by atoms with Gasteiger partial charge in [0.05, 0.1) is 0 Å². The highest BCUT2D eigenvalue weighted by Crippen LogP contribution is 2.23. The fraction of sp³-hybridized carbons (Fsp3) is 1.00. The molecule has 1 rings (SSSR count). The summed E-state index contributed by atoms with van der Waals surface area (Å²) in [5.41, 5.74) is -0.866. The maximum Gasteiger partial charge on any atom is 0.137 e. The summed E-state index contributed by atoms with van der Waals surface area (Å²) >= 11 is 0. The summed E-state index contributed by atoms with van der Waals surface area (Å²) in [5.74, 6) is 0. The number of hydrogen-bond donors (Lipinski definition) is 2. The van der Waals surface area contributed by atoms with Gasteiger partial charge in [-0.2, -0.15) is 0 Å². The predicted octanol–water partition coefficient (Wildman–Crippen LogP) is -0.999. The Kier molecular flexibility index (Phi) is 1.08. The van der Waals surface area contributed by atoms with Crippen LogP contribution in [0.4, 0.5) is 0 Å². The number of aliphatic hydroxyl groups is 2. The molecule has 8 heavy (non-hydrogen) atoms. The van der Waals surface area contributed by atoms with Crippen molar-refractivity contribution < 1.29 is 10.2 Å². The minimum Gasteiger partial charge on any atom is -0.385 e. The topological polar surface area (TPSA) is 43.7 Å². The van der Waals surface area contributed by atoms with E-state index < -0.39 is 11.8 Å². The Morgan fingerprint density at radius 3 is 2.25 bits per heavy atom. The molecule has 1 heterocycles. The first-order valence-electron chi connectivity index (χ1n) is 2.65. The summed E-state index contributed by atoms with van der Waals surface area (Å²) in [6, 6.07) is 0. The van der Waals surface area contributed by atoms with E-state index in [2.05, 4.69) is 0 Å². The standard InChI is InChI=1S/C5H11NO2/c1-5(8)3-6(2)4(5)7/h4,7-8H,3H2,1-2H3. The second-order valence-electron chi connectivity index (χ2n) is 2.65. The third-order valence-corrected chi connectivity index (χ3v) is 1.54. The lowest BCUT2D eigenvalue weighted by molar-refractivity contribution is -0.220. The van der Waals surface area contributed by atoms with Gasteiger partial charge in [0.1, 0.15) is 11.8 Å². The fourth-order valence-electron chi connectivity index (χ4n) is 1.04. The van der Waals surface area contributed by atoms with E-state index >= 15 is 0 Å². The van der Waals surface area contributed by atoms with Gasteiger partial charge in [0.25, 0.3) is 0 Å². The lowest BCUT2D eigenvalue weighted by Crippen LogP contribution is -2.66. The number of β-amino-alcohol motifs (C(OH)–C–C–N with tert-alkyl or cyclic N) is 1. The Labute approximate surface area is 48.5 Å². The summed E-state index contributed by atoms with van der Waals surface area (Å²) < 4.78 is 0. The average molecular weight is 117 g/mol. The Hall–Kier alpha value is -0.120. The zero-order valence-corrected chi connectivity index (χ0v) is 5.13. The van der Waals surface area contributed by atoms with Gasteiger partial charge in [0.2, 0.25) is 0 Å². The van der Waals surface area contributed by atoms with E-state index in [1.165, 1.54) is 0 Å². The maximum atomic E-state index is 9.06. The van der Waals surface area contributed by atoms with Crippen LogP contribution in [0.5, 0.6) is 0 Å². The van der Waals surface area contributed by atoms with Crippen LogP contribution in [0.25, 0.3) is 0 Å². The lowest BCUT2D eigenvalue weighted by Gasteiger charge is -2.47. The molecule has 0 saturated carbocycles. The smallest absolute Gasteiger partial charge is 0.137 e. The zero-order chi connectivity index (χ0) is 6.36. The van der Waals surface area contributed by atoms with Crippen molar-refractivity contribution >= 4 is 0 Å². The summed E-state index contributed by atoms with van der Waals surface area (Å²) in [5, 5.41) is 18.0. The van der Waals surface area contributed by atoms with E-state index in [0.29, 0.717) is 6.54 Å². The first-order valence-corrected chi connectivity index (χ1v) is 2.65. The molecule has 0 aliphatic carbocycles. The third kappa shape index (κ3) is 0.632. The molecule has 3 heteroatoms. The van der Waals surface area contributed by atoms with Crippen molar-refractivity contribution in [1.82, 2.24) is 4.90 Å². The first-order chi connectivity index (χ1) is 3.54. The van der Waals surface area contributed by atoms with Gasteiger partial charge in [-0.05, 0) is 14.0 Å². The van der Waals surface area contributed by atoms with Crippen molar-refractivity contribution in [1.29, 1.82) is 0 Å². The molecular formula is C5H11NO2. The Bertz CT molecular complexity index is 103. The second-order valence-corrected chi connectivity index (χ2v) is 2.65. The van der Waals surface area contributed by atoms with Gasteiger partial charge in [-0.15, -0.1) is 0 Å². The number of likely N-dealkylation sites (N-methyl/N-ethyl adjacent to an activating group) is 1. The monoisotopic (exact) mass is 117 g/mol. The second kappa shape index (κ2) is 1.43. The Balaban J connectivity index is 2.47. The molecule has 0 bridgehead atoms. The molecule has 2 unspecified atom stereocenters. The molecule has 0 radical (unpaired) electrons. The molecule has 48 valence electrons. The molecule has 2 atom stereocenters. The maximum absolute atomic E-state index is 9.06. The van der Waals surface area contributed by atoms with Crippen LogP contribution in [0.3, 0.4) is 0 Å². The highest BCUT2D eigenvalue weighted by molar-refractivity contribution is 4.93. The van der Waals surface area contributed by atoms with Crippen molar-refractivity contribution in [2.75, 3.05) is 13.6 Å². The number of nitrogens with zero attached hydrogens (tertiary/aromatic N) is 1. The predicted molar refractivity (Wildman–Crippen MR) is 29.3 cm³/mol. The first kappa shape index (κ1) is 6.01. The van der Waals surface area contributed by atoms with Gasteiger partial charge < -0.3 is 10.2 Å². The molecule has 2 N–H and O–H groups in total. The van der Waals surface area contributed by atoms with Crippen molar-refractivity contribution in [2.24, 2.45) is 0 Å². The van der Waals surface area contributed by atoms with E-state index in [1.807, 2.05) is 0 Å². The third-order valence-electron chi connectivity index (χ3n) is 1.54. The minimum atomic E-state index is -0.866. The number of likely N-dealkylation sites (tertiary alicyclic amines) is 1. The van der Waals surface area contributed by atoms with Gasteiger partial charge in [-0.1, -0.05) is 0 Å². The minimum absolute atomic E-state index is 0.564. The molecule has 0 aromatic carbocycles. The van der Waals surface area contributed by atoms with Gasteiger partial charge in [-0.25, -0.2) is 0 Å². The van der Waals surface area contributed by atoms with Gasteiger partial charge in [-0.3, -0.25) is 4.90 Å². The van der Waals surface area contributed by atoms with E-state index in [-0.39, 0.29) is 0 Å².